The topological polar surface area (TPSA) is 41.1 Å². The summed E-state index contributed by atoms with van der Waals surface area (Å²) in [7, 11) is 0. The number of rotatable bonds is 2. The number of halogens is 5. The molecule has 1 aliphatic rings. The fourth-order valence-electron chi connectivity index (χ4n) is 1.93. The minimum atomic E-state index is -4.81. The van der Waals surface area contributed by atoms with Crippen LogP contribution < -0.4 is 10.6 Å². The van der Waals surface area contributed by atoms with E-state index in [1.807, 2.05) is 0 Å². The van der Waals surface area contributed by atoms with Gasteiger partial charge in [0.15, 0.2) is 0 Å². The molecule has 1 aromatic carbocycles. The quantitative estimate of drug-likeness (QED) is 0.823. The summed E-state index contributed by atoms with van der Waals surface area (Å²) in [5, 5.41) is 5.62. The summed E-state index contributed by atoms with van der Waals surface area (Å²) in [6, 6.07) is 2.13. The Morgan fingerprint density at radius 3 is 2.60 bits per heavy atom. The van der Waals surface area contributed by atoms with Crippen molar-refractivity contribution in [3.8, 4) is 0 Å². The van der Waals surface area contributed by atoms with E-state index >= 15 is 0 Å². The monoisotopic (exact) mass is 312 g/mol. The second-order valence-electron chi connectivity index (χ2n) is 4.36. The number of carbonyl (C=O) groups is 1. The maximum Gasteiger partial charge on any atom is 0.419 e. The highest BCUT2D eigenvalue weighted by Crippen LogP contribution is 2.31. The van der Waals surface area contributed by atoms with E-state index in [0.717, 1.165) is 19.0 Å². The van der Waals surface area contributed by atoms with E-state index in [9.17, 15) is 22.4 Å². The van der Waals surface area contributed by atoms with Crippen LogP contribution in [0.3, 0.4) is 0 Å². The lowest BCUT2D eigenvalue weighted by Gasteiger charge is -2.13. The maximum absolute atomic E-state index is 13.1. The molecule has 0 aromatic heterocycles. The van der Waals surface area contributed by atoms with Crippen molar-refractivity contribution in [2.24, 2.45) is 0 Å². The molecule has 1 aliphatic heterocycles. The Morgan fingerprint density at radius 2 is 2.05 bits per heavy atom. The van der Waals surface area contributed by atoms with E-state index in [1.54, 1.807) is 0 Å². The van der Waals surface area contributed by atoms with Gasteiger partial charge in [0.1, 0.15) is 5.82 Å². The highest BCUT2D eigenvalue weighted by molar-refractivity contribution is 5.94. The fraction of sp³-hybridized carbons (Fsp3) is 0.417. The molecule has 1 atom stereocenters. The van der Waals surface area contributed by atoms with Crippen LogP contribution in [0.15, 0.2) is 18.2 Å². The molecule has 8 heteroatoms. The number of hydrogen-bond donors (Lipinski definition) is 2. The third-order valence-electron chi connectivity index (χ3n) is 2.93. The summed E-state index contributed by atoms with van der Waals surface area (Å²) < 4.78 is 50.6. The Morgan fingerprint density at radius 1 is 1.35 bits per heavy atom. The van der Waals surface area contributed by atoms with Crippen molar-refractivity contribution in [3.63, 3.8) is 0 Å². The molecule has 1 saturated heterocycles. The molecule has 0 radical (unpaired) electrons. The van der Waals surface area contributed by atoms with Crippen molar-refractivity contribution < 1.29 is 22.4 Å². The van der Waals surface area contributed by atoms with Crippen LogP contribution in [0.25, 0.3) is 0 Å². The smallest absolute Gasteiger partial charge is 0.348 e. The largest absolute Gasteiger partial charge is 0.419 e. The van der Waals surface area contributed by atoms with Gasteiger partial charge in [0.25, 0.3) is 5.91 Å². The first kappa shape index (κ1) is 16.7. The minimum absolute atomic E-state index is 0. The summed E-state index contributed by atoms with van der Waals surface area (Å²) in [5.74, 6) is -2.01. The first-order valence-corrected chi connectivity index (χ1v) is 5.76. The zero-order chi connectivity index (χ0) is 14.0. The number of hydrogen-bond acceptors (Lipinski definition) is 2. The lowest BCUT2D eigenvalue weighted by atomic mass is 10.1. The molecule has 1 fully saturated rings. The molecule has 20 heavy (non-hydrogen) atoms. The molecule has 3 nitrogen and oxygen atoms in total. The summed E-state index contributed by atoms with van der Waals surface area (Å²) in [4.78, 5) is 11.8. The van der Waals surface area contributed by atoms with Gasteiger partial charge >= 0.3 is 6.18 Å². The molecule has 1 heterocycles. The zero-order valence-electron chi connectivity index (χ0n) is 10.3. The molecule has 1 unspecified atom stereocenters. The third-order valence-corrected chi connectivity index (χ3v) is 2.93. The molecule has 1 aromatic rings. The van der Waals surface area contributed by atoms with Crippen LogP contribution in [0.1, 0.15) is 22.3 Å². The number of benzene rings is 1. The second-order valence-corrected chi connectivity index (χ2v) is 4.36. The molecule has 0 bridgehead atoms. The highest BCUT2D eigenvalue weighted by Gasteiger charge is 2.34. The Balaban J connectivity index is 0.00000200. The molecular weight excluding hydrogens is 300 g/mol. The minimum Gasteiger partial charge on any atom is -0.348 e. The van der Waals surface area contributed by atoms with Crippen molar-refractivity contribution in [1.29, 1.82) is 0 Å². The van der Waals surface area contributed by atoms with Crippen molar-refractivity contribution in [2.45, 2.75) is 18.6 Å². The van der Waals surface area contributed by atoms with Crippen molar-refractivity contribution in [1.82, 2.24) is 10.6 Å². The lowest BCUT2D eigenvalue weighted by Crippen LogP contribution is -2.36. The summed E-state index contributed by atoms with van der Waals surface area (Å²) in [5.41, 5.74) is -1.62. The van der Waals surface area contributed by atoms with Crippen molar-refractivity contribution in [2.75, 3.05) is 13.1 Å². The third kappa shape index (κ3) is 3.83. The number of nitrogens with one attached hydrogen (secondary N) is 2. The number of alkyl halides is 3. The van der Waals surface area contributed by atoms with E-state index in [1.165, 1.54) is 0 Å². The normalized spacial score (nSPS) is 18.5. The second kappa shape index (κ2) is 6.41. The molecule has 112 valence electrons. The van der Waals surface area contributed by atoms with Crippen LogP contribution >= 0.6 is 12.4 Å². The summed E-state index contributed by atoms with van der Waals surface area (Å²) in [6.45, 7) is 1.33. The van der Waals surface area contributed by atoms with E-state index in [4.69, 9.17) is 0 Å². The van der Waals surface area contributed by atoms with E-state index in [2.05, 4.69) is 10.6 Å². The Hall–Kier alpha value is -1.34. The van der Waals surface area contributed by atoms with Crippen LogP contribution in [0.2, 0.25) is 0 Å². The van der Waals surface area contributed by atoms with E-state index in [0.29, 0.717) is 18.7 Å². The van der Waals surface area contributed by atoms with Crippen molar-refractivity contribution >= 4 is 18.3 Å². The molecule has 1 amide bonds. The van der Waals surface area contributed by atoms with Crippen LogP contribution in [0.5, 0.6) is 0 Å². The van der Waals surface area contributed by atoms with Gasteiger partial charge in [-0.15, -0.1) is 12.4 Å². The Kier molecular flexibility index (Phi) is 5.35. The molecule has 2 rings (SSSR count). The van der Waals surface area contributed by atoms with Gasteiger partial charge in [0.05, 0.1) is 5.56 Å². The molecular formula is C12H13ClF4N2O. The first-order valence-electron chi connectivity index (χ1n) is 5.76. The summed E-state index contributed by atoms with van der Waals surface area (Å²) >= 11 is 0. The number of carbonyl (C=O) groups excluding carboxylic acids is 1. The van der Waals surface area contributed by atoms with Gasteiger partial charge in [0, 0.05) is 18.2 Å². The Bertz CT molecular complexity index is 487. The zero-order valence-corrected chi connectivity index (χ0v) is 11.1. The highest BCUT2D eigenvalue weighted by atomic mass is 35.5. The molecule has 0 aliphatic carbocycles. The first-order chi connectivity index (χ1) is 8.88. The lowest BCUT2D eigenvalue weighted by molar-refractivity contribution is -0.140. The van der Waals surface area contributed by atoms with Gasteiger partial charge in [-0.1, -0.05) is 0 Å². The van der Waals surface area contributed by atoms with Gasteiger partial charge in [-0.3, -0.25) is 4.79 Å². The molecule has 2 N–H and O–H groups in total. The van der Waals surface area contributed by atoms with Crippen LogP contribution in [-0.2, 0) is 6.18 Å². The van der Waals surface area contributed by atoms with Gasteiger partial charge in [-0.05, 0) is 31.2 Å². The van der Waals surface area contributed by atoms with E-state index < -0.39 is 23.5 Å². The average Bonchev–Trinajstić information content (AvgIpc) is 2.80. The van der Waals surface area contributed by atoms with Gasteiger partial charge in [-0.2, -0.15) is 13.2 Å². The average molecular weight is 313 g/mol. The van der Waals surface area contributed by atoms with Crippen LogP contribution in [-0.4, -0.2) is 25.0 Å². The van der Waals surface area contributed by atoms with Crippen molar-refractivity contribution in [3.05, 3.63) is 35.1 Å². The standard InChI is InChI=1S/C12H12F4N2O.ClH/c13-10-2-1-7(5-9(10)12(14,15)16)11(19)18-8-3-4-17-6-8;/h1-2,5,8,17H,3-4,6H2,(H,18,19);1H. The predicted octanol–water partition coefficient (Wildman–Crippen LogP) is 2.36. The summed E-state index contributed by atoms with van der Waals surface area (Å²) in [6.07, 6.45) is -4.09. The maximum atomic E-state index is 13.1. The molecule has 0 spiro atoms. The van der Waals surface area contributed by atoms with Gasteiger partial charge < -0.3 is 10.6 Å². The number of amides is 1. The van der Waals surface area contributed by atoms with E-state index in [-0.39, 0.29) is 24.0 Å². The van der Waals surface area contributed by atoms with Crippen LogP contribution in [0.4, 0.5) is 17.6 Å². The van der Waals surface area contributed by atoms with Gasteiger partial charge in [0.2, 0.25) is 0 Å². The Labute approximate surface area is 119 Å². The predicted molar refractivity (Wildman–Crippen MR) is 67.4 cm³/mol. The SMILES string of the molecule is Cl.O=C(NC1CCNC1)c1ccc(F)c(C(F)(F)F)c1. The van der Waals surface area contributed by atoms with Crippen LogP contribution in [0, 0.1) is 5.82 Å². The fourth-order valence-corrected chi connectivity index (χ4v) is 1.93. The van der Waals surface area contributed by atoms with Gasteiger partial charge in [-0.25, -0.2) is 4.39 Å². The molecule has 0 saturated carbocycles.